The van der Waals surface area contributed by atoms with Gasteiger partial charge in [0, 0.05) is 19.1 Å². The second kappa shape index (κ2) is 8.96. The largest absolute Gasteiger partial charge is 0.466 e. The predicted molar refractivity (Wildman–Crippen MR) is 76.7 cm³/mol. The summed E-state index contributed by atoms with van der Waals surface area (Å²) in [6, 6.07) is -0.385. The van der Waals surface area contributed by atoms with Crippen LogP contribution in [0.4, 0.5) is 0 Å². The zero-order valence-corrected chi connectivity index (χ0v) is 13.0. The first-order chi connectivity index (χ1) is 9.93. The number of morpholine rings is 1. The van der Waals surface area contributed by atoms with Gasteiger partial charge in [0.25, 0.3) is 0 Å². The topological polar surface area (TPSA) is 88.1 Å². The minimum absolute atomic E-state index is 0.0470. The van der Waals surface area contributed by atoms with Crippen molar-refractivity contribution in [1.29, 1.82) is 0 Å². The Morgan fingerprint density at radius 3 is 2.81 bits per heavy atom. The van der Waals surface area contributed by atoms with Crippen LogP contribution < -0.4 is 5.32 Å². The molecule has 0 aromatic rings. The van der Waals surface area contributed by atoms with Crippen molar-refractivity contribution in [3.05, 3.63) is 0 Å². The van der Waals surface area contributed by atoms with Crippen molar-refractivity contribution < 1.29 is 24.2 Å². The Labute approximate surface area is 125 Å². The summed E-state index contributed by atoms with van der Waals surface area (Å²) in [5.74, 6) is -0.547. The van der Waals surface area contributed by atoms with Gasteiger partial charge in [0.2, 0.25) is 5.91 Å². The first-order valence-electron chi connectivity index (χ1n) is 7.39. The van der Waals surface area contributed by atoms with E-state index in [1.165, 1.54) is 0 Å². The maximum absolute atomic E-state index is 12.1. The number of carbonyl (C=O) groups is 2. The van der Waals surface area contributed by atoms with Crippen LogP contribution in [0, 0.1) is 0 Å². The molecule has 1 amide bonds. The Morgan fingerprint density at radius 2 is 2.19 bits per heavy atom. The van der Waals surface area contributed by atoms with E-state index in [4.69, 9.17) is 9.47 Å². The summed E-state index contributed by atoms with van der Waals surface area (Å²) in [5, 5.41) is 12.8. The van der Waals surface area contributed by atoms with E-state index in [0.717, 1.165) is 0 Å². The number of hydrogen-bond acceptors (Lipinski definition) is 6. The highest BCUT2D eigenvalue weighted by molar-refractivity contribution is 5.82. The molecule has 2 N–H and O–H groups in total. The Balaban J connectivity index is 2.52. The van der Waals surface area contributed by atoms with Gasteiger partial charge in [0.05, 0.1) is 32.3 Å². The molecule has 0 radical (unpaired) electrons. The lowest BCUT2D eigenvalue weighted by Gasteiger charge is -2.35. The number of ether oxygens (including phenoxy) is 2. The molecular weight excluding hydrogens is 276 g/mol. The zero-order chi connectivity index (χ0) is 15.8. The smallest absolute Gasteiger partial charge is 0.308 e. The highest BCUT2D eigenvalue weighted by Gasteiger charge is 2.31. The average Bonchev–Trinajstić information content (AvgIpc) is 2.38. The van der Waals surface area contributed by atoms with Crippen LogP contribution in [-0.2, 0) is 19.1 Å². The number of carbonyl (C=O) groups excluding carboxylic acids is 2. The van der Waals surface area contributed by atoms with Crippen LogP contribution in [0.5, 0.6) is 0 Å². The first kappa shape index (κ1) is 17.9. The third kappa shape index (κ3) is 6.41. The van der Waals surface area contributed by atoms with E-state index < -0.39 is 18.1 Å². The van der Waals surface area contributed by atoms with Crippen molar-refractivity contribution in [2.45, 2.75) is 45.4 Å². The molecule has 2 atom stereocenters. The van der Waals surface area contributed by atoms with E-state index in [0.29, 0.717) is 26.4 Å². The molecule has 1 fully saturated rings. The second-order valence-corrected chi connectivity index (χ2v) is 5.41. The van der Waals surface area contributed by atoms with E-state index in [2.05, 4.69) is 5.32 Å². The van der Waals surface area contributed by atoms with Gasteiger partial charge in [0.1, 0.15) is 6.04 Å². The summed E-state index contributed by atoms with van der Waals surface area (Å²) in [6.45, 7) is 7.40. The van der Waals surface area contributed by atoms with E-state index >= 15 is 0 Å². The lowest BCUT2D eigenvalue weighted by molar-refractivity contribution is -0.146. The number of hydrogen-bond donors (Lipinski definition) is 2. The molecule has 2 unspecified atom stereocenters. The molecule has 1 aliphatic heterocycles. The fourth-order valence-corrected chi connectivity index (χ4v) is 2.23. The van der Waals surface area contributed by atoms with E-state index in [9.17, 15) is 14.7 Å². The fraction of sp³-hybridized carbons (Fsp3) is 0.857. The molecular formula is C14H26N2O5. The van der Waals surface area contributed by atoms with Crippen LogP contribution in [0.25, 0.3) is 0 Å². The van der Waals surface area contributed by atoms with Crippen molar-refractivity contribution in [3.8, 4) is 0 Å². The van der Waals surface area contributed by atoms with Gasteiger partial charge in [-0.05, 0) is 20.8 Å². The predicted octanol–water partition coefficient (Wildman–Crippen LogP) is -0.474. The number of aliphatic hydroxyl groups excluding tert-OH is 1. The summed E-state index contributed by atoms with van der Waals surface area (Å²) >= 11 is 0. The summed E-state index contributed by atoms with van der Waals surface area (Å²) < 4.78 is 10.1. The summed E-state index contributed by atoms with van der Waals surface area (Å²) in [5.41, 5.74) is 0. The fourth-order valence-electron chi connectivity index (χ4n) is 2.23. The maximum Gasteiger partial charge on any atom is 0.308 e. The molecule has 0 aromatic carbocycles. The number of esters is 1. The van der Waals surface area contributed by atoms with Gasteiger partial charge in [-0.3, -0.25) is 14.5 Å². The Bertz CT molecular complexity index is 348. The second-order valence-electron chi connectivity index (χ2n) is 5.41. The monoisotopic (exact) mass is 302 g/mol. The van der Waals surface area contributed by atoms with Crippen molar-refractivity contribution in [2.75, 3.05) is 32.9 Å². The maximum atomic E-state index is 12.1. The molecule has 0 saturated carbocycles. The van der Waals surface area contributed by atoms with Crippen LogP contribution in [0.1, 0.15) is 27.2 Å². The van der Waals surface area contributed by atoms with Crippen molar-refractivity contribution in [1.82, 2.24) is 10.2 Å². The molecule has 1 aliphatic rings. The van der Waals surface area contributed by atoms with Gasteiger partial charge in [-0.15, -0.1) is 0 Å². The lowest BCUT2D eigenvalue weighted by Crippen LogP contribution is -2.56. The SMILES string of the molecule is CCOC(=O)CC(O)CN1CCOCC1C(=O)NC(C)C. The van der Waals surface area contributed by atoms with Gasteiger partial charge in [-0.25, -0.2) is 0 Å². The number of amides is 1. The molecule has 1 rings (SSSR count). The molecule has 21 heavy (non-hydrogen) atoms. The summed E-state index contributed by atoms with van der Waals surface area (Å²) in [6.07, 6.45) is -0.916. The quantitative estimate of drug-likeness (QED) is 0.618. The highest BCUT2D eigenvalue weighted by atomic mass is 16.5. The van der Waals surface area contributed by atoms with Crippen LogP contribution in [0.2, 0.25) is 0 Å². The van der Waals surface area contributed by atoms with Crippen LogP contribution in [0.15, 0.2) is 0 Å². The minimum Gasteiger partial charge on any atom is -0.466 e. The van der Waals surface area contributed by atoms with Gasteiger partial charge < -0.3 is 19.9 Å². The normalized spacial score (nSPS) is 21.1. The average molecular weight is 302 g/mol. The van der Waals surface area contributed by atoms with E-state index in [-0.39, 0.29) is 24.9 Å². The van der Waals surface area contributed by atoms with Crippen LogP contribution in [-0.4, -0.2) is 73.0 Å². The van der Waals surface area contributed by atoms with E-state index in [1.807, 2.05) is 18.7 Å². The number of nitrogens with zero attached hydrogens (tertiary/aromatic N) is 1. The molecule has 1 saturated heterocycles. The lowest BCUT2D eigenvalue weighted by atomic mass is 10.1. The minimum atomic E-state index is -0.850. The standard InChI is InChI=1S/C14H26N2O5/c1-4-21-13(18)7-11(17)8-16-5-6-20-9-12(16)14(19)15-10(2)3/h10-12,17H,4-9H2,1-3H3,(H,15,19). The zero-order valence-electron chi connectivity index (χ0n) is 13.0. The van der Waals surface area contributed by atoms with E-state index in [1.54, 1.807) is 6.92 Å². The van der Waals surface area contributed by atoms with Gasteiger partial charge in [-0.2, -0.15) is 0 Å². The Hall–Kier alpha value is -1.18. The molecule has 7 nitrogen and oxygen atoms in total. The molecule has 0 bridgehead atoms. The number of aliphatic hydroxyl groups is 1. The van der Waals surface area contributed by atoms with Crippen LogP contribution in [0.3, 0.4) is 0 Å². The first-order valence-corrected chi connectivity index (χ1v) is 7.39. The molecule has 0 spiro atoms. The molecule has 1 heterocycles. The number of nitrogens with one attached hydrogen (secondary N) is 1. The summed E-state index contributed by atoms with van der Waals surface area (Å²) in [4.78, 5) is 25.3. The van der Waals surface area contributed by atoms with Gasteiger partial charge >= 0.3 is 5.97 Å². The highest BCUT2D eigenvalue weighted by Crippen LogP contribution is 2.10. The molecule has 7 heteroatoms. The third-order valence-corrected chi connectivity index (χ3v) is 3.13. The Kier molecular flexibility index (Phi) is 7.63. The van der Waals surface area contributed by atoms with Crippen molar-refractivity contribution in [3.63, 3.8) is 0 Å². The third-order valence-electron chi connectivity index (χ3n) is 3.13. The molecule has 0 aromatic heterocycles. The van der Waals surface area contributed by atoms with Crippen molar-refractivity contribution >= 4 is 11.9 Å². The number of rotatable bonds is 7. The van der Waals surface area contributed by atoms with Gasteiger partial charge in [0.15, 0.2) is 0 Å². The Morgan fingerprint density at radius 1 is 1.48 bits per heavy atom. The van der Waals surface area contributed by atoms with Gasteiger partial charge in [-0.1, -0.05) is 0 Å². The van der Waals surface area contributed by atoms with Crippen LogP contribution >= 0.6 is 0 Å². The van der Waals surface area contributed by atoms with Crippen molar-refractivity contribution in [2.24, 2.45) is 0 Å². The summed E-state index contributed by atoms with van der Waals surface area (Å²) in [7, 11) is 0. The number of β-amino-alcohol motifs (C(OH)–C–C–N with tert-alkyl or cyclic N) is 1. The molecule has 122 valence electrons. The molecule has 0 aliphatic carbocycles.